The number of benzene rings is 3. The summed E-state index contributed by atoms with van der Waals surface area (Å²) >= 11 is 0. The van der Waals surface area contributed by atoms with Crippen molar-refractivity contribution < 1.29 is 9.18 Å². The number of nitrogens with one attached hydrogen (secondary N) is 3. The lowest BCUT2D eigenvalue weighted by Gasteiger charge is -2.10. The summed E-state index contributed by atoms with van der Waals surface area (Å²) in [4.78, 5) is 12.2. The van der Waals surface area contributed by atoms with Gasteiger partial charge >= 0.3 is 6.03 Å². The van der Waals surface area contributed by atoms with E-state index < -0.39 is 5.82 Å². The number of carbonyl (C=O) groups is 1. The monoisotopic (exact) mass is 375 g/mol. The number of nitrogens with two attached hydrogens (primary N) is 1. The second-order valence-corrected chi connectivity index (χ2v) is 6.48. The lowest BCUT2D eigenvalue weighted by molar-refractivity contribution is 0.262. The van der Waals surface area contributed by atoms with Crippen LogP contribution in [0.2, 0.25) is 0 Å². The predicted octanol–water partition coefficient (Wildman–Crippen LogP) is 4.90. The van der Waals surface area contributed by atoms with Crippen molar-refractivity contribution in [2.24, 2.45) is 0 Å². The van der Waals surface area contributed by atoms with Gasteiger partial charge in [0.2, 0.25) is 0 Å². The number of nitrogens with zero attached hydrogens (tertiary/aromatic N) is 1. The average molecular weight is 375 g/mol. The molecule has 0 aliphatic carbocycles. The molecule has 28 heavy (non-hydrogen) atoms. The van der Waals surface area contributed by atoms with Gasteiger partial charge < -0.3 is 16.4 Å². The van der Waals surface area contributed by atoms with Crippen LogP contribution in [0.1, 0.15) is 5.56 Å². The highest BCUT2D eigenvalue weighted by atomic mass is 19.1. The first-order valence-electron chi connectivity index (χ1n) is 8.68. The van der Waals surface area contributed by atoms with Crippen LogP contribution >= 0.6 is 0 Å². The summed E-state index contributed by atoms with van der Waals surface area (Å²) in [7, 11) is 0. The number of carbonyl (C=O) groups excluding carboxylic acids is 1. The Kier molecular flexibility index (Phi) is 4.41. The zero-order valence-corrected chi connectivity index (χ0v) is 15.1. The molecule has 3 aromatic carbocycles. The number of halogens is 1. The van der Waals surface area contributed by atoms with Gasteiger partial charge in [-0.25, -0.2) is 9.18 Å². The molecule has 2 amide bonds. The highest BCUT2D eigenvalue weighted by Crippen LogP contribution is 2.33. The van der Waals surface area contributed by atoms with E-state index in [0.717, 1.165) is 22.4 Å². The molecule has 0 unspecified atom stereocenters. The fourth-order valence-corrected chi connectivity index (χ4v) is 3.11. The molecule has 4 rings (SSSR count). The zero-order chi connectivity index (χ0) is 19.7. The van der Waals surface area contributed by atoms with Gasteiger partial charge in [-0.05, 0) is 53.9 Å². The van der Waals surface area contributed by atoms with Gasteiger partial charge in [-0.2, -0.15) is 5.10 Å². The maximum Gasteiger partial charge on any atom is 0.323 e. The Labute approximate surface area is 160 Å². The van der Waals surface area contributed by atoms with Gasteiger partial charge in [0.1, 0.15) is 11.3 Å². The van der Waals surface area contributed by atoms with Gasteiger partial charge in [0.15, 0.2) is 5.82 Å². The summed E-state index contributed by atoms with van der Waals surface area (Å²) in [5, 5.41) is 12.6. The first-order chi connectivity index (χ1) is 13.5. The van der Waals surface area contributed by atoms with Crippen molar-refractivity contribution in [2.45, 2.75) is 6.92 Å². The van der Waals surface area contributed by atoms with Gasteiger partial charge in [-0.15, -0.1) is 0 Å². The third-order valence-corrected chi connectivity index (χ3v) is 4.43. The van der Waals surface area contributed by atoms with Gasteiger partial charge in [-0.1, -0.05) is 30.3 Å². The number of nitrogen functional groups attached to an aromatic ring is 1. The third-order valence-electron chi connectivity index (χ3n) is 4.43. The van der Waals surface area contributed by atoms with Gasteiger partial charge in [-0.3, -0.25) is 5.10 Å². The van der Waals surface area contributed by atoms with Crippen LogP contribution in [0.4, 0.5) is 26.4 Å². The van der Waals surface area contributed by atoms with Gasteiger partial charge in [0.25, 0.3) is 0 Å². The summed E-state index contributed by atoms with van der Waals surface area (Å²) in [6.07, 6.45) is 0. The number of aryl methyl sites for hydroxylation is 1. The molecule has 140 valence electrons. The van der Waals surface area contributed by atoms with Crippen LogP contribution in [-0.2, 0) is 0 Å². The second-order valence-electron chi connectivity index (χ2n) is 6.48. The quantitative estimate of drug-likeness (QED) is 0.410. The van der Waals surface area contributed by atoms with Crippen LogP contribution in [0.15, 0.2) is 60.7 Å². The fourth-order valence-electron chi connectivity index (χ4n) is 3.11. The van der Waals surface area contributed by atoms with E-state index in [1.807, 2.05) is 43.3 Å². The van der Waals surface area contributed by atoms with Crippen molar-refractivity contribution in [3.8, 4) is 11.1 Å². The summed E-state index contributed by atoms with van der Waals surface area (Å²) in [6, 6.07) is 17.5. The number of aromatic amines is 1. The van der Waals surface area contributed by atoms with Crippen LogP contribution in [0, 0.1) is 12.7 Å². The van der Waals surface area contributed by atoms with Gasteiger partial charge in [0, 0.05) is 11.4 Å². The van der Waals surface area contributed by atoms with E-state index in [0.29, 0.717) is 11.1 Å². The summed E-state index contributed by atoms with van der Waals surface area (Å²) in [5.74, 6) is -0.168. The molecule has 6 nitrogen and oxygen atoms in total. The minimum Gasteiger partial charge on any atom is -0.382 e. The lowest BCUT2D eigenvalue weighted by atomic mass is 10.0. The second kappa shape index (κ2) is 7.03. The summed E-state index contributed by atoms with van der Waals surface area (Å²) in [5.41, 5.74) is 10.2. The zero-order valence-electron chi connectivity index (χ0n) is 15.1. The van der Waals surface area contributed by atoms with E-state index in [9.17, 15) is 9.18 Å². The Morgan fingerprint density at radius 1 is 1.04 bits per heavy atom. The van der Waals surface area contributed by atoms with Crippen molar-refractivity contribution in [1.82, 2.24) is 10.2 Å². The molecule has 5 N–H and O–H groups in total. The van der Waals surface area contributed by atoms with Gasteiger partial charge in [0.05, 0.1) is 5.39 Å². The van der Waals surface area contributed by atoms with E-state index >= 15 is 0 Å². The molecule has 0 radical (unpaired) electrons. The molecule has 0 spiro atoms. The predicted molar refractivity (Wildman–Crippen MR) is 110 cm³/mol. The maximum absolute atomic E-state index is 13.9. The van der Waals surface area contributed by atoms with Crippen LogP contribution in [0.25, 0.3) is 22.0 Å². The molecule has 1 heterocycles. The van der Waals surface area contributed by atoms with Crippen molar-refractivity contribution >= 4 is 34.1 Å². The standard InChI is InChI=1S/C21H18FN5O/c1-12-3-2-4-15(11-12)25-21(28)24-14-7-5-13(6-8-14)16-9-10-17(22)19-18(16)20(23)27-26-19/h2-11H,1H3,(H3,23,26,27)(H2,24,25,28). The Balaban J connectivity index is 1.54. The van der Waals surface area contributed by atoms with Crippen molar-refractivity contribution in [1.29, 1.82) is 0 Å². The van der Waals surface area contributed by atoms with Crippen molar-refractivity contribution in [2.75, 3.05) is 16.4 Å². The molecule has 7 heteroatoms. The SMILES string of the molecule is Cc1cccc(NC(=O)Nc2ccc(-c3ccc(F)c4[nH]nc(N)c34)cc2)c1. The third kappa shape index (κ3) is 3.37. The molecular formula is C21H18FN5O. The Morgan fingerprint density at radius 3 is 2.54 bits per heavy atom. The fraction of sp³-hybridized carbons (Fsp3) is 0.0476. The number of amides is 2. The molecule has 0 aliphatic heterocycles. The van der Waals surface area contributed by atoms with E-state index in [1.54, 1.807) is 18.2 Å². The molecule has 0 aliphatic rings. The molecule has 1 aromatic heterocycles. The Bertz CT molecular complexity index is 1170. The Hall–Kier alpha value is -3.87. The maximum atomic E-state index is 13.9. The average Bonchev–Trinajstić information content (AvgIpc) is 3.06. The molecule has 4 aromatic rings. The molecule has 0 fully saturated rings. The number of anilines is 3. The van der Waals surface area contributed by atoms with Crippen molar-refractivity contribution in [3.05, 3.63) is 72.0 Å². The highest BCUT2D eigenvalue weighted by molar-refractivity contribution is 6.02. The van der Waals surface area contributed by atoms with Crippen LogP contribution < -0.4 is 16.4 Å². The first-order valence-corrected chi connectivity index (χ1v) is 8.68. The largest absolute Gasteiger partial charge is 0.382 e. The van der Waals surface area contributed by atoms with E-state index in [1.165, 1.54) is 6.07 Å². The summed E-state index contributed by atoms with van der Waals surface area (Å²) < 4.78 is 13.9. The number of urea groups is 1. The summed E-state index contributed by atoms with van der Waals surface area (Å²) in [6.45, 7) is 1.96. The Morgan fingerprint density at radius 2 is 1.79 bits per heavy atom. The minimum atomic E-state index is -0.408. The number of rotatable bonds is 3. The topological polar surface area (TPSA) is 95.8 Å². The van der Waals surface area contributed by atoms with E-state index in [-0.39, 0.29) is 17.4 Å². The number of aromatic nitrogens is 2. The number of hydrogen-bond acceptors (Lipinski definition) is 3. The molecule has 0 bridgehead atoms. The number of hydrogen-bond donors (Lipinski definition) is 4. The van der Waals surface area contributed by atoms with Crippen LogP contribution in [0.5, 0.6) is 0 Å². The highest BCUT2D eigenvalue weighted by Gasteiger charge is 2.13. The molecule has 0 saturated heterocycles. The van der Waals surface area contributed by atoms with E-state index in [2.05, 4.69) is 20.8 Å². The molecule has 0 atom stereocenters. The van der Waals surface area contributed by atoms with Crippen LogP contribution in [-0.4, -0.2) is 16.2 Å². The van der Waals surface area contributed by atoms with Crippen LogP contribution in [0.3, 0.4) is 0 Å². The number of H-pyrrole nitrogens is 1. The van der Waals surface area contributed by atoms with E-state index in [4.69, 9.17) is 5.73 Å². The number of fused-ring (bicyclic) bond motifs is 1. The first kappa shape index (κ1) is 17.5. The smallest absolute Gasteiger partial charge is 0.323 e. The molecule has 0 saturated carbocycles. The lowest BCUT2D eigenvalue weighted by Crippen LogP contribution is -2.19. The molecular weight excluding hydrogens is 357 g/mol. The van der Waals surface area contributed by atoms with Crippen molar-refractivity contribution in [3.63, 3.8) is 0 Å². The minimum absolute atomic E-state index is 0.240. The normalized spacial score (nSPS) is 10.8.